The van der Waals surface area contributed by atoms with Crippen LogP contribution in [0, 0.1) is 6.92 Å². The van der Waals surface area contributed by atoms with Crippen molar-refractivity contribution < 1.29 is 0 Å². The molecule has 0 aliphatic carbocycles. The molecule has 0 unspecified atom stereocenters. The van der Waals surface area contributed by atoms with E-state index in [1.54, 1.807) is 18.6 Å². The Bertz CT molecular complexity index is 713. The molecule has 18 heavy (non-hydrogen) atoms. The van der Waals surface area contributed by atoms with Gasteiger partial charge in [0.1, 0.15) is 5.52 Å². The predicted octanol–water partition coefficient (Wildman–Crippen LogP) is 3.05. The van der Waals surface area contributed by atoms with Gasteiger partial charge in [0, 0.05) is 35.2 Å². The molecule has 0 fully saturated rings. The van der Waals surface area contributed by atoms with Crippen molar-refractivity contribution in [1.29, 1.82) is 0 Å². The standard InChI is InChI=1S/C13H9ClN4/c1-8-10-4-7-16-12(14)11(10)18-13(17-8)9-2-5-15-6-3-9/h2-7H,1H3. The molecule has 0 radical (unpaired) electrons. The predicted molar refractivity (Wildman–Crippen MR) is 70.3 cm³/mol. The van der Waals surface area contributed by atoms with Crippen LogP contribution in [0.25, 0.3) is 22.3 Å². The number of fused-ring (bicyclic) bond motifs is 1. The van der Waals surface area contributed by atoms with Crippen molar-refractivity contribution >= 4 is 22.5 Å². The summed E-state index contributed by atoms with van der Waals surface area (Å²) in [6, 6.07) is 5.60. The number of pyridine rings is 2. The fourth-order valence-corrected chi connectivity index (χ4v) is 2.01. The molecule has 4 nitrogen and oxygen atoms in total. The van der Waals surface area contributed by atoms with E-state index in [4.69, 9.17) is 11.6 Å². The Labute approximate surface area is 109 Å². The van der Waals surface area contributed by atoms with Gasteiger partial charge in [-0.1, -0.05) is 11.6 Å². The average molecular weight is 257 g/mol. The van der Waals surface area contributed by atoms with Gasteiger partial charge in [0.2, 0.25) is 0 Å². The summed E-state index contributed by atoms with van der Waals surface area (Å²) >= 11 is 6.07. The van der Waals surface area contributed by atoms with E-state index in [0.29, 0.717) is 16.5 Å². The van der Waals surface area contributed by atoms with E-state index in [1.807, 2.05) is 25.1 Å². The van der Waals surface area contributed by atoms with Gasteiger partial charge < -0.3 is 0 Å². The van der Waals surface area contributed by atoms with Crippen LogP contribution in [0.4, 0.5) is 0 Å². The van der Waals surface area contributed by atoms with Gasteiger partial charge >= 0.3 is 0 Å². The number of halogens is 1. The first-order valence-electron chi connectivity index (χ1n) is 5.45. The van der Waals surface area contributed by atoms with Crippen molar-refractivity contribution in [2.75, 3.05) is 0 Å². The quantitative estimate of drug-likeness (QED) is 0.628. The monoisotopic (exact) mass is 256 g/mol. The molecule has 3 rings (SSSR count). The van der Waals surface area contributed by atoms with Crippen molar-refractivity contribution in [3.8, 4) is 11.4 Å². The number of aromatic nitrogens is 4. The Balaban J connectivity index is 2.31. The highest BCUT2D eigenvalue weighted by Gasteiger charge is 2.09. The van der Waals surface area contributed by atoms with Gasteiger partial charge in [0.25, 0.3) is 0 Å². The van der Waals surface area contributed by atoms with E-state index in [-0.39, 0.29) is 0 Å². The molecule has 5 heteroatoms. The van der Waals surface area contributed by atoms with Crippen LogP contribution in [0.1, 0.15) is 5.69 Å². The molecule has 0 saturated carbocycles. The van der Waals surface area contributed by atoms with Gasteiger partial charge in [-0.3, -0.25) is 4.98 Å². The van der Waals surface area contributed by atoms with E-state index < -0.39 is 0 Å². The molecule has 3 aromatic rings. The summed E-state index contributed by atoms with van der Waals surface area (Å²) in [6.07, 6.45) is 5.08. The number of hydrogen-bond acceptors (Lipinski definition) is 4. The van der Waals surface area contributed by atoms with Crippen LogP contribution >= 0.6 is 11.6 Å². The van der Waals surface area contributed by atoms with Crippen LogP contribution in [-0.2, 0) is 0 Å². The lowest BCUT2D eigenvalue weighted by Gasteiger charge is -2.06. The summed E-state index contributed by atoms with van der Waals surface area (Å²) in [4.78, 5) is 17.0. The summed E-state index contributed by atoms with van der Waals surface area (Å²) in [5, 5.41) is 1.32. The summed E-state index contributed by atoms with van der Waals surface area (Å²) in [7, 11) is 0. The number of hydrogen-bond donors (Lipinski definition) is 0. The minimum atomic E-state index is 0.397. The SMILES string of the molecule is Cc1nc(-c2ccncc2)nc2c(Cl)nccc12. The first-order valence-corrected chi connectivity index (χ1v) is 5.83. The molecule has 0 aliphatic heterocycles. The third kappa shape index (κ3) is 1.80. The maximum absolute atomic E-state index is 6.07. The first-order chi connectivity index (χ1) is 8.75. The molecule has 0 atom stereocenters. The van der Waals surface area contributed by atoms with Gasteiger partial charge in [0.05, 0.1) is 0 Å². The highest BCUT2D eigenvalue weighted by molar-refractivity contribution is 6.33. The Kier molecular flexibility index (Phi) is 2.64. The topological polar surface area (TPSA) is 51.6 Å². The Morgan fingerprint density at radius 1 is 1.00 bits per heavy atom. The van der Waals surface area contributed by atoms with Crippen molar-refractivity contribution in [3.63, 3.8) is 0 Å². The average Bonchev–Trinajstić information content (AvgIpc) is 2.41. The largest absolute Gasteiger partial charge is 0.265 e. The van der Waals surface area contributed by atoms with Gasteiger partial charge in [-0.25, -0.2) is 15.0 Å². The lowest BCUT2D eigenvalue weighted by atomic mass is 10.2. The number of aryl methyl sites for hydroxylation is 1. The number of rotatable bonds is 1. The molecule has 88 valence electrons. The Morgan fingerprint density at radius 2 is 1.78 bits per heavy atom. The molecular weight excluding hydrogens is 248 g/mol. The molecule has 3 heterocycles. The molecule has 0 amide bonds. The Morgan fingerprint density at radius 3 is 2.56 bits per heavy atom. The zero-order chi connectivity index (χ0) is 12.5. The van der Waals surface area contributed by atoms with Gasteiger partial charge in [-0.2, -0.15) is 0 Å². The highest BCUT2D eigenvalue weighted by atomic mass is 35.5. The fraction of sp³-hybridized carbons (Fsp3) is 0.0769. The third-order valence-corrected chi connectivity index (χ3v) is 2.98. The van der Waals surface area contributed by atoms with Crippen molar-refractivity contribution in [2.45, 2.75) is 6.92 Å². The second kappa shape index (κ2) is 4.31. The van der Waals surface area contributed by atoms with E-state index in [1.165, 1.54) is 0 Å². The van der Waals surface area contributed by atoms with Gasteiger partial charge in [-0.15, -0.1) is 0 Å². The van der Waals surface area contributed by atoms with Crippen molar-refractivity contribution in [2.24, 2.45) is 0 Å². The minimum Gasteiger partial charge on any atom is -0.265 e. The molecule has 0 spiro atoms. The van der Waals surface area contributed by atoms with Crippen LogP contribution < -0.4 is 0 Å². The van der Waals surface area contributed by atoms with Crippen LogP contribution in [-0.4, -0.2) is 19.9 Å². The second-order valence-electron chi connectivity index (χ2n) is 3.87. The highest BCUT2D eigenvalue weighted by Crippen LogP contribution is 2.24. The Hall–Kier alpha value is -2.07. The number of nitrogens with zero attached hydrogens (tertiary/aromatic N) is 4. The lowest BCUT2D eigenvalue weighted by molar-refractivity contribution is 1.14. The molecule has 0 aromatic carbocycles. The summed E-state index contributed by atoms with van der Waals surface area (Å²) < 4.78 is 0. The van der Waals surface area contributed by atoms with Crippen molar-refractivity contribution in [1.82, 2.24) is 19.9 Å². The fourth-order valence-electron chi connectivity index (χ4n) is 1.81. The lowest BCUT2D eigenvalue weighted by Crippen LogP contribution is -1.95. The molecule has 0 aliphatic rings. The molecule has 0 saturated heterocycles. The van der Waals surface area contributed by atoms with E-state index in [0.717, 1.165) is 16.6 Å². The van der Waals surface area contributed by atoms with E-state index >= 15 is 0 Å². The zero-order valence-electron chi connectivity index (χ0n) is 9.63. The normalized spacial score (nSPS) is 10.8. The van der Waals surface area contributed by atoms with Gasteiger partial charge in [-0.05, 0) is 25.1 Å². The third-order valence-electron chi connectivity index (χ3n) is 2.70. The van der Waals surface area contributed by atoms with Crippen LogP contribution in [0.2, 0.25) is 5.15 Å². The molecule has 0 N–H and O–H groups in total. The van der Waals surface area contributed by atoms with E-state index in [2.05, 4.69) is 19.9 Å². The smallest absolute Gasteiger partial charge is 0.160 e. The van der Waals surface area contributed by atoms with Gasteiger partial charge in [0.15, 0.2) is 11.0 Å². The van der Waals surface area contributed by atoms with Crippen LogP contribution in [0.15, 0.2) is 36.8 Å². The maximum atomic E-state index is 6.07. The minimum absolute atomic E-state index is 0.397. The summed E-state index contributed by atoms with van der Waals surface area (Å²) in [5.41, 5.74) is 2.48. The van der Waals surface area contributed by atoms with Crippen LogP contribution in [0.5, 0.6) is 0 Å². The van der Waals surface area contributed by atoms with Crippen LogP contribution in [0.3, 0.4) is 0 Å². The summed E-state index contributed by atoms with van der Waals surface area (Å²) in [5.74, 6) is 0.636. The second-order valence-corrected chi connectivity index (χ2v) is 4.22. The molecule has 0 bridgehead atoms. The molecular formula is C13H9ClN4. The molecule has 3 aromatic heterocycles. The van der Waals surface area contributed by atoms with E-state index in [9.17, 15) is 0 Å². The summed E-state index contributed by atoms with van der Waals surface area (Å²) in [6.45, 7) is 1.94. The zero-order valence-corrected chi connectivity index (χ0v) is 10.4. The maximum Gasteiger partial charge on any atom is 0.160 e. The first kappa shape index (κ1) is 11.0. The van der Waals surface area contributed by atoms with Crippen molar-refractivity contribution in [3.05, 3.63) is 47.6 Å².